The summed E-state index contributed by atoms with van der Waals surface area (Å²) >= 11 is 7.64. The maximum absolute atomic E-state index is 12.6. The van der Waals surface area contributed by atoms with Crippen LogP contribution < -0.4 is 15.6 Å². The molecule has 0 saturated heterocycles. The number of carbonyl (C=O) groups excluding carboxylic acids is 5. The second-order valence-corrected chi connectivity index (χ2v) is 25.2. The van der Waals surface area contributed by atoms with Gasteiger partial charge in [0.1, 0.15) is 23.6 Å². The number of Topliss-reactive ketones (excluding diaryl/α,β-unsaturated/α-hetero) is 2. The molecule has 2 aromatic heterocycles. The summed E-state index contributed by atoms with van der Waals surface area (Å²) in [7, 11) is 3.15. The average molecular weight is 1620 g/mol. The van der Waals surface area contributed by atoms with E-state index in [1.807, 2.05) is 258 Å². The summed E-state index contributed by atoms with van der Waals surface area (Å²) in [5, 5.41) is 12.7. The van der Waals surface area contributed by atoms with Gasteiger partial charge in [-0.2, -0.15) is 0 Å². The molecular formula is C99H130O13S3. The Morgan fingerprint density at radius 1 is 0.374 bits per heavy atom. The Balaban J connectivity index is -0.00000126. The van der Waals surface area contributed by atoms with Crippen molar-refractivity contribution in [1.82, 2.24) is 0 Å². The number of carbonyl (C=O) groups is 5. The number of ether oxygens (including phenoxy) is 3. The van der Waals surface area contributed by atoms with Gasteiger partial charge in [-0.3, -0.25) is 24.0 Å². The molecule has 1 N–H and O–H groups in total. The summed E-state index contributed by atoms with van der Waals surface area (Å²) < 4.78 is 19.8. The van der Waals surface area contributed by atoms with Gasteiger partial charge in [-0.05, 0) is 149 Å². The monoisotopic (exact) mass is 1620 g/mol. The van der Waals surface area contributed by atoms with Crippen LogP contribution in [0.25, 0.3) is 40.3 Å². The number of hydrogen-bond donors (Lipinski definition) is 2. The zero-order valence-corrected chi connectivity index (χ0v) is 75.7. The maximum Gasteiger partial charge on any atom is 0.386 e. The van der Waals surface area contributed by atoms with Crippen LogP contribution in [0, 0.1) is 0 Å². The Kier molecular flexibility index (Phi) is 61.9. The van der Waals surface area contributed by atoms with Gasteiger partial charge in [0, 0.05) is 81.7 Å². The van der Waals surface area contributed by atoms with Crippen LogP contribution in [-0.4, -0.2) is 73.0 Å². The zero-order chi connectivity index (χ0) is 87.9. The predicted octanol–water partition coefficient (Wildman–Crippen LogP) is 27.0. The van der Waals surface area contributed by atoms with Crippen molar-refractivity contribution >= 4 is 105 Å². The van der Waals surface area contributed by atoms with E-state index in [9.17, 15) is 38.7 Å². The van der Waals surface area contributed by atoms with E-state index < -0.39 is 23.1 Å². The van der Waals surface area contributed by atoms with E-state index in [1.165, 1.54) is 32.1 Å². The smallest absolute Gasteiger partial charge is 0.386 e. The van der Waals surface area contributed by atoms with Crippen molar-refractivity contribution in [3.05, 3.63) is 320 Å². The molecular weight excluding hydrogens is 1490 g/mol. The van der Waals surface area contributed by atoms with Crippen LogP contribution in [0.2, 0.25) is 0 Å². The molecule has 13 nitrogen and oxygen atoms in total. The number of fused-ring (bicyclic) bond motifs is 4. The van der Waals surface area contributed by atoms with Crippen molar-refractivity contribution in [1.29, 1.82) is 0 Å². The third-order valence-corrected chi connectivity index (χ3v) is 17.5. The van der Waals surface area contributed by atoms with Crippen molar-refractivity contribution < 1.29 is 53.1 Å². The Hall–Kier alpha value is -10.0. The van der Waals surface area contributed by atoms with Crippen molar-refractivity contribution in [2.24, 2.45) is 0 Å². The summed E-state index contributed by atoms with van der Waals surface area (Å²) in [4.78, 5) is 92.9. The number of benzene rings is 10. The Morgan fingerprint density at radius 2 is 0.730 bits per heavy atom. The molecule has 0 aliphatic carbocycles. The molecule has 0 atom stereocenters. The van der Waals surface area contributed by atoms with Crippen LogP contribution in [-0.2, 0) is 32.1 Å². The Bertz CT molecular complexity index is 4600. The van der Waals surface area contributed by atoms with Gasteiger partial charge < -0.3 is 19.3 Å². The highest BCUT2D eigenvalue weighted by Gasteiger charge is 2.28. The third kappa shape index (κ3) is 38.3. The highest BCUT2D eigenvalue weighted by atomic mass is 32.1. The molecule has 0 amide bonds. The summed E-state index contributed by atoms with van der Waals surface area (Å²) in [6, 6.07) is 76.6. The van der Waals surface area contributed by atoms with E-state index in [2.05, 4.69) is 48.4 Å². The largest absolute Gasteiger partial charge is 0.491 e. The fourth-order valence-electron chi connectivity index (χ4n) is 9.29. The molecule has 0 unspecified atom stereocenters. The van der Waals surface area contributed by atoms with E-state index in [1.54, 1.807) is 153 Å². The second kappa shape index (κ2) is 65.3. The maximum atomic E-state index is 12.6. The van der Waals surface area contributed by atoms with Crippen molar-refractivity contribution in [2.75, 3.05) is 27.4 Å². The summed E-state index contributed by atoms with van der Waals surface area (Å²) in [6.07, 6.45) is 1.94. The SMILES string of the molecule is CC.CC.CC.CC.CC.CC.CC.CC.CC.CC(C)(O)C(=O)c1ccccc1.CCc1cc(CC)c2sc3ccccc3c(=O)c2c1.COCCOc1ccc(C(=O)C(C)(C)OC)cc1.O=C(OOC(=O)c1ccccc1)c1ccccc1.O=C(c1ccccc1)c1ccccc1.O=c1c2ccccc2sc2ccc(S)cc12. The lowest BCUT2D eigenvalue weighted by Gasteiger charge is -2.21. The summed E-state index contributed by atoms with van der Waals surface area (Å²) in [6.45, 7) is 47.8. The standard InChI is InChI=1S/C17H16OS.C14H10O4.C14H20O4.C13H8OS2.C13H10O.C10H12O2.9C2H6/c1-3-11-9-12(4-2)17-14(10-11)16(18)13-7-5-6-8-15(13)19-17;15-13(11-7-3-1-4-8-11)17-18-14(16)12-9-5-2-6-10-12;1-14(2,17-4)13(15)11-5-7-12(8-6-11)18-10-9-16-3;14-13-9-3-1-2-4-11(9)16-12-6-5-8(15)7-10(12)13;14-13(11-7-3-1-4-8-11)12-9-5-2-6-10-12;1-10(2,12)9(11)8-6-4-3-5-7-8;9*1-2/h5-10H,3-4H2,1-2H3;1-10H;5-8H,9-10H2,1-4H3;1-7,15H;1-10H;3-7,12H,1-2H3;9*1-2H3. The second-order valence-electron chi connectivity index (χ2n) is 22.6. The molecule has 0 bridgehead atoms. The van der Waals surface area contributed by atoms with Gasteiger partial charge in [0.2, 0.25) is 0 Å². The minimum atomic E-state index is -1.28. The minimum Gasteiger partial charge on any atom is -0.491 e. The van der Waals surface area contributed by atoms with Crippen LogP contribution in [0.3, 0.4) is 0 Å². The first-order chi connectivity index (χ1) is 55.7. The van der Waals surface area contributed by atoms with Crippen molar-refractivity contribution in [3.63, 3.8) is 0 Å². The van der Waals surface area contributed by atoms with E-state index in [4.69, 9.17) is 14.2 Å². The lowest BCUT2D eigenvalue weighted by Crippen LogP contribution is -2.33. The van der Waals surface area contributed by atoms with E-state index in [-0.39, 0.29) is 28.2 Å². The molecule has 10 aromatic carbocycles. The number of hydrogen-bond acceptors (Lipinski definition) is 16. The first kappa shape index (κ1) is 109. The molecule has 115 heavy (non-hydrogen) atoms. The molecule has 2 heterocycles. The molecule has 0 saturated carbocycles. The van der Waals surface area contributed by atoms with Gasteiger partial charge in [-0.15, -0.1) is 35.3 Å². The van der Waals surface area contributed by atoms with E-state index in [0.29, 0.717) is 35.5 Å². The fourth-order valence-corrected chi connectivity index (χ4v) is 11.8. The number of aliphatic hydroxyl groups is 1. The summed E-state index contributed by atoms with van der Waals surface area (Å²) in [5.74, 6) is -0.915. The molecule has 0 fully saturated rings. The molecule has 0 aliphatic heterocycles. The van der Waals surface area contributed by atoms with Crippen molar-refractivity contribution in [2.45, 2.75) is 195 Å². The summed E-state index contributed by atoms with van der Waals surface area (Å²) in [5.41, 5.74) is 4.00. The van der Waals surface area contributed by atoms with Crippen LogP contribution in [0.5, 0.6) is 5.75 Å². The third-order valence-electron chi connectivity index (χ3n) is 14.8. The highest BCUT2D eigenvalue weighted by molar-refractivity contribution is 7.80. The lowest BCUT2D eigenvalue weighted by molar-refractivity contribution is -0.187. The molecule has 12 rings (SSSR count). The topological polar surface area (TPSA) is 186 Å². The number of ketones is 3. The number of rotatable bonds is 15. The van der Waals surface area contributed by atoms with Gasteiger partial charge >= 0.3 is 11.9 Å². The number of aryl methyl sites for hydroxylation is 2. The Morgan fingerprint density at radius 3 is 1.11 bits per heavy atom. The van der Waals surface area contributed by atoms with E-state index in [0.717, 1.165) is 75.0 Å². The average Bonchev–Trinajstić information content (AvgIpc) is 0.775. The Labute approximate surface area is 701 Å². The van der Waals surface area contributed by atoms with E-state index >= 15 is 0 Å². The number of methoxy groups -OCH3 is 2. The molecule has 16 heteroatoms. The molecule has 0 radical (unpaired) electrons. The molecule has 12 aromatic rings. The first-order valence-electron chi connectivity index (χ1n) is 40.1. The van der Waals surface area contributed by atoms with Gasteiger partial charge in [0.25, 0.3) is 0 Å². The molecule has 622 valence electrons. The van der Waals surface area contributed by atoms with Crippen LogP contribution in [0.15, 0.2) is 269 Å². The normalized spacial score (nSPS) is 9.50. The number of thiol groups is 1. The minimum absolute atomic E-state index is 0.0477. The first-order valence-corrected chi connectivity index (χ1v) is 42.2. The van der Waals surface area contributed by atoms with Crippen LogP contribution in [0.4, 0.5) is 0 Å². The van der Waals surface area contributed by atoms with Gasteiger partial charge in [-0.25, -0.2) is 19.4 Å². The van der Waals surface area contributed by atoms with Gasteiger partial charge in [0.15, 0.2) is 28.2 Å². The van der Waals surface area contributed by atoms with Crippen LogP contribution in [0.1, 0.15) is 235 Å². The fraction of sp³-hybridized carbons (Fsp3) is 0.323. The van der Waals surface area contributed by atoms with Crippen LogP contribution >= 0.6 is 35.3 Å². The quantitative estimate of drug-likeness (QED) is 0.0247. The predicted molar refractivity (Wildman–Crippen MR) is 496 cm³/mol. The van der Waals surface area contributed by atoms with Gasteiger partial charge in [0.05, 0.1) is 17.7 Å². The molecule has 0 aliphatic rings. The van der Waals surface area contributed by atoms with Crippen molar-refractivity contribution in [3.8, 4) is 5.75 Å². The lowest BCUT2D eigenvalue weighted by atomic mass is 9.96. The van der Waals surface area contributed by atoms with Gasteiger partial charge in [-0.1, -0.05) is 296 Å². The zero-order valence-electron chi connectivity index (χ0n) is 73.2. The highest BCUT2D eigenvalue weighted by Crippen LogP contribution is 2.30. The molecule has 0 spiro atoms.